The first-order valence-corrected chi connectivity index (χ1v) is 8.06. The van der Waals surface area contributed by atoms with Gasteiger partial charge < -0.3 is 10.3 Å². The minimum atomic E-state index is -4.29. The molecule has 1 aromatic carbocycles. The van der Waals surface area contributed by atoms with Crippen LogP contribution in [0.1, 0.15) is 33.8 Å². The number of hydroxylamine groups is 2. The smallest absolute Gasteiger partial charge is 0.425 e. The largest absolute Gasteiger partial charge is 0.785 e. The molecular formula is C12H20NO7S2-. The lowest BCUT2D eigenvalue weighted by Crippen LogP contribution is -2.36. The SMILES string of the molecule is C.CC(C)(C)N([O-])Cc1ccccc1S(=O)(=O)O.O=S(=O)=O. The molecule has 1 N–H and O–H groups in total. The highest BCUT2D eigenvalue weighted by molar-refractivity contribution is 7.85. The van der Waals surface area contributed by atoms with E-state index in [0.717, 1.165) is 5.06 Å². The minimum absolute atomic E-state index is 0. The lowest BCUT2D eigenvalue weighted by atomic mass is 10.1. The van der Waals surface area contributed by atoms with Crippen LogP contribution in [-0.2, 0) is 27.3 Å². The summed E-state index contributed by atoms with van der Waals surface area (Å²) in [5.41, 5.74) is -0.327. The first-order valence-electron chi connectivity index (χ1n) is 5.62. The van der Waals surface area contributed by atoms with Gasteiger partial charge in [-0.2, -0.15) is 8.42 Å². The van der Waals surface area contributed by atoms with Gasteiger partial charge in [-0.05, 0) is 32.4 Å². The van der Waals surface area contributed by atoms with Gasteiger partial charge in [-0.15, -0.1) is 12.6 Å². The van der Waals surface area contributed by atoms with Crippen molar-refractivity contribution in [3.8, 4) is 0 Å². The van der Waals surface area contributed by atoms with Crippen LogP contribution in [0.5, 0.6) is 0 Å². The molecule has 0 aromatic heterocycles. The van der Waals surface area contributed by atoms with Crippen LogP contribution in [0.3, 0.4) is 0 Å². The Balaban J connectivity index is 0. The summed E-state index contributed by atoms with van der Waals surface area (Å²) in [5.74, 6) is 0. The van der Waals surface area contributed by atoms with Gasteiger partial charge in [-0.3, -0.25) is 4.55 Å². The van der Waals surface area contributed by atoms with E-state index in [1.165, 1.54) is 18.2 Å². The second kappa shape index (κ2) is 8.96. The van der Waals surface area contributed by atoms with Crippen LogP contribution >= 0.6 is 0 Å². The third-order valence-electron chi connectivity index (χ3n) is 2.31. The van der Waals surface area contributed by atoms with Gasteiger partial charge in [0.1, 0.15) is 0 Å². The molecular weight excluding hydrogens is 334 g/mol. The van der Waals surface area contributed by atoms with Crippen LogP contribution < -0.4 is 0 Å². The number of rotatable bonds is 3. The molecule has 0 aliphatic rings. The zero-order valence-electron chi connectivity index (χ0n) is 11.7. The fourth-order valence-corrected chi connectivity index (χ4v) is 1.99. The van der Waals surface area contributed by atoms with Crippen molar-refractivity contribution in [3.05, 3.63) is 35.0 Å². The molecule has 0 aliphatic carbocycles. The predicted molar refractivity (Wildman–Crippen MR) is 81.3 cm³/mol. The van der Waals surface area contributed by atoms with E-state index >= 15 is 0 Å². The number of benzene rings is 1. The zero-order chi connectivity index (χ0) is 16.8. The third kappa shape index (κ3) is 8.85. The standard InChI is InChI=1S/C11H16NO4S.CH4.O3S/c1-11(2,3)12(13)8-9-6-4-5-7-10(9)17(14,15)16;;1-4(2)3/h4-7H,8H2,1-3H3,(H,14,15,16);1H4;/q-1;;. The summed E-state index contributed by atoms with van der Waals surface area (Å²) in [7, 11) is -7.40. The van der Waals surface area contributed by atoms with Crippen molar-refractivity contribution in [3.63, 3.8) is 0 Å². The molecule has 8 nitrogen and oxygen atoms in total. The highest BCUT2D eigenvalue weighted by Gasteiger charge is 2.18. The van der Waals surface area contributed by atoms with E-state index in [1.54, 1.807) is 26.8 Å². The summed E-state index contributed by atoms with van der Waals surface area (Å²) in [6.07, 6.45) is 0. The van der Waals surface area contributed by atoms with Crippen LogP contribution in [0.2, 0.25) is 0 Å². The Morgan fingerprint density at radius 3 is 1.95 bits per heavy atom. The van der Waals surface area contributed by atoms with E-state index in [9.17, 15) is 13.6 Å². The van der Waals surface area contributed by atoms with Gasteiger partial charge in [0.2, 0.25) is 0 Å². The summed E-state index contributed by atoms with van der Waals surface area (Å²) in [4.78, 5) is -0.217. The lowest BCUT2D eigenvalue weighted by molar-refractivity contribution is 0.197. The van der Waals surface area contributed by atoms with Crippen LogP contribution in [0, 0.1) is 5.21 Å². The van der Waals surface area contributed by atoms with E-state index in [0.29, 0.717) is 5.56 Å². The van der Waals surface area contributed by atoms with Gasteiger partial charge in [0.05, 0.1) is 4.90 Å². The molecule has 0 amide bonds. The van der Waals surface area contributed by atoms with Gasteiger partial charge in [-0.1, -0.05) is 25.6 Å². The molecule has 128 valence electrons. The Kier molecular flexibility index (Phi) is 9.34. The van der Waals surface area contributed by atoms with Crippen LogP contribution in [0.4, 0.5) is 0 Å². The monoisotopic (exact) mass is 354 g/mol. The molecule has 1 aromatic rings. The van der Waals surface area contributed by atoms with Gasteiger partial charge in [-0.25, -0.2) is 0 Å². The number of hydrogen-bond acceptors (Lipinski definition) is 7. The average molecular weight is 354 g/mol. The Bertz CT molecular complexity index is 669. The average Bonchev–Trinajstić information content (AvgIpc) is 2.26. The topological polar surface area (TPSA) is 132 Å². The second-order valence-corrected chi connectivity index (χ2v) is 6.79. The van der Waals surface area contributed by atoms with E-state index < -0.39 is 26.3 Å². The van der Waals surface area contributed by atoms with Crippen molar-refractivity contribution in [2.75, 3.05) is 0 Å². The van der Waals surface area contributed by atoms with Crippen LogP contribution in [-0.4, -0.2) is 36.2 Å². The number of hydrogen-bond donors (Lipinski definition) is 1. The molecule has 10 heteroatoms. The molecule has 0 spiro atoms. The molecule has 22 heavy (non-hydrogen) atoms. The van der Waals surface area contributed by atoms with Crippen LogP contribution in [0.25, 0.3) is 0 Å². The second-order valence-electron chi connectivity index (χ2n) is 4.99. The Morgan fingerprint density at radius 1 is 1.18 bits per heavy atom. The lowest BCUT2D eigenvalue weighted by Gasteiger charge is -2.41. The van der Waals surface area contributed by atoms with Crippen molar-refractivity contribution in [1.82, 2.24) is 5.06 Å². The molecule has 0 saturated carbocycles. The van der Waals surface area contributed by atoms with E-state index in [2.05, 4.69) is 0 Å². The fraction of sp³-hybridized carbons (Fsp3) is 0.500. The van der Waals surface area contributed by atoms with Crippen molar-refractivity contribution in [1.29, 1.82) is 0 Å². The Morgan fingerprint density at radius 2 is 1.59 bits per heavy atom. The highest BCUT2D eigenvalue weighted by Crippen LogP contribution is 2.20. The van der Waals surface area contributed by atoms with Gasteiger partial charge in [0.25, 0.3) is 10.1 Å². The van der Waals surface area contributed by atoms with Gasteiger partial charge >= 0.3 is 10.6 Å². The third-order valence-corrected chi connectivity index (χ3v) is 3.27. The molecule has 1 rings (SSSR count). The molecule has 0 fully saturated rings. The van der Waals surface area contributed by atoms with E-state index in [4.69, 9.17) is 17.2 Å². The van der Waals surface area contributed by atoms with Crippen molar-refractivity contribution < 1.29 is 25.6 Å². The highest BCUT2D eigenvalue weighted by atomic mass is 32.2. The summed E-state index contributed by atoms with van der Waals surface area (Å²) >= 11 is 0. The van der Waals surface area contributed by atoms with Gasteiger partial charge in [0.15, 0.2) is 0 Å². The summed E-state index contributed by atoms with van der Waals surface area (Å²) < 4.78 is 56.6. The first kappa shape index (κ1) is 22.9. The molecule has 0 unspecified atom stereocenters. The molecule has 0 atom stereocenters. The van der Waals surface area contributed by atoms with Crippen molar-refractivity contribution >= 4 is 20.7 Å². The fourth-order valence-electron chi connectivity index (χ4n) is 1.28. The molecule has 0 bridgehead atoms. The maximum Gasteiger partial charge on any atom is 0.425 e. The molecule has 0 radical (unpaired) electrons. The summed E-state index contributed by atoms with van der Waals surface area (Å²) in [6.45, 7) is 5.11. The molecule has 0 saturated heterocycles. The molecule has 0 aliphatic heterocycles. The number of nitrogens with zero attached hydrogens (tertiary/aromatic N) is 1. The normalized spacial score (nSPS) is 11.2. The van der Waals surface area contributed by atoms with Crippen molar-refractivity contribution in [2.24, 2.45) is 0 Å². The molecule has 0 heterocycles. The van der Waals surface area contributed by atoms with E-state index in [-0.39, 0.29) is 18.9 Å². The van der Waals surface area contributed by atoms with Crippen molar-refractivity contribution in [2.45, 2.75) is 45.2 Å². The zero-order valence-corrected chi connectivity index (χ0v) is 13.3. The summed E-state index contributed by atoms with van der Waals surface area (Å²) in [5, 5.41) is 12.5. The Labute approximate surface area is 132 Å². The minimum Gasteiger partial charge on any atom is -0.785 e. The summed E-state index contributed by atoms with van der Waals surface area (Å²) in [6, 6.07) is 5.92. The maximum absolute atomic E-state index is 11.8. The van der Waals surface area contributed by atoms with Crippen LogP contribution in [0.15, 0.2) is 29.2 Å². The maximum atomic E-state index is 11.8. The quantitative estimate of drug-likeness (QED) is 0.640. The first-order chi connectivity index (χ1) is 9.35. The Hall–Kier alpha value is -1.33. The van der Waals surface area contributed by atoms with E-state index in [1.807, 2.05) is 0 Å². The predicted octanol–water partition coefficient (Wildman–Crippen LogP) is 1.66. The van der Waals surface area contributed by atoms with Gasteiger partial charge in [0, 0.05) is 12.1 Å².